The lowest BCUT2D eigenvalue weighted by atomic mass is 9.73. The predicted octanol–water partition coefficient (Wildman–Crippen LogP) is 3.65. The van der Waals surface area contributed by atoms with E-state index in [0.717, 1.165) is 29.7 Å². The molecule has 0 bridgehead atoms. The molecule has 1 saturated heterocycles. The first-order valence-electron chi connectivity index (χ1n) is 11.2. The van der Waals surface area contributed by atoms with Gasteiger partial charge in [-0.2, -0.15) is 0 Å². The second-order valence-electron chi connectivity index (χ2n) is 8.91. The van der Waals surface area contributed by atoms with E-state index < -0.39 is 11.6 Å². The molecule has 0 aromatic heterocycles. The van der Waals surface area contributed by atoms with Crippen LogP contribution in [0.3, 0.4) is 0 Å². The van der Waals surface area contributed by atoms with Crippen LogP contribution in [0, 0.1) is 5.92 Å². The van der Waals surface area contributed by atoms with Gasteiger partial charge < -0.3 is 10.1 Å². The van der Waals surface area contributed by atoms with Crippen molar-refractivity contribution in [1.29, 1.82) is 0 Å². The number of rotatable bonds is 3. The van der Waals surface area contributed by atoms with Crippen LogP contribution in [0.1, 0.15) is 44.2 Å². The van der Waals surface area contributed by atoms with Crippen LogP contribution in [-0.4, -0.2) is 41.4 Å². The molecule has 2 aromatic carbocycles. The van der Waals surface area contributed by atoms with Crippen LogP contribution in [-0.2, 0) is 9.59 Å². The quantitative estimate of drug-likeness (QED) is 0.750. The Hall–Kier alpha value is -3.35. The summed E-state index contributed by atoms with van der Waals surface area (Å²) >= 11 is 0. The van der Waals surface area contributed by atoms with Gasteiger partial charge in [0, 0.05) is 0 Å². The third-order valence-corrected chi connectivity index (χ3v) is 7.08. The average Bonchev–Trinajstić information content (AvgIpc) is 3.05. The lowest BCUT2D eigenvalue weighted by Gasteiger charge is -2.38. The SMILES string of the molecule is CC1CCCCC12NC(=O)N(CC(=O)N1c3ccccc3OCC1c1ccccc1)C2=O. The number of anilines is 1. The molecule has 2 aromatic rings. The molecule has 166 valence electrons. The first-order valence-corrected chi connectivity index (χ1v) is 11.2. The maximum absolute atomic E-state index is 13.6. The molecule has 7 heteroatoms. The molecule has 1 spiro atoms. The molecule has 3 aliphatic rings. The Morgan fingerprint density at radius 2 is 1.84 bits per heavy atom. The summed E-state index contributed by atoms with van der Waals surface area (Å²) in [7, 11) is 0. The molecule has 2 heterocycles. The average molecular weight is 434 g/mol. The fourth-order valence-corrected chi connectivity index (χ4v) is 5.27. The molecule has 3 atom stereocenters. The number of ether oxygens (including phenoxy) is 1. The summed E-state index contributed by atoms with van der Waals surface area (Å²) in [6.07, 6.45) is 3.45. The fraction of sp³-hybridized carbons (Fsp3) is 0.400. The van der Waals surface area contributed by atoms with Gasteiger partial charge in [0.25, 0.3) is 5.91 Å². The van der Waals surface area contributed by atoms with E-state index >= 15 is 0 Å². The molecule has 3 unspecified atom stereocenters. The van der Waals surface area contributed by atoms with Gasteiger partial charge in [-0.25, -0.2) is 4.79 Å². The third-order valence-electron chi connectivity index (χ3n) is 7.08. The van der Waals surface area contributed by atoms with E-state index in [4.69, 9.17) is 4.74 Å². The monoisotopic (exact) mass is 433 g/mol. The van der Waals surface area contributed by atoms with Crippen molar-refractivity contribution < 1.29 is 19.1 Å². The summed E-state index contributed by atoms with van der Waals surface area (Å²) in [5.74, 6) is 0.0797. The van der Waals surface area contributed by atoms with E-state index in [1.54, 1.807) is 4.90 Å². The molecule has 2 fully saturated rings. The number of amides is 4. The highest BCUT2D eigenvalue weighted by Gasteiger charge is 2.55. The zero-order valence-corrected chi connectivity index (χ0v) is 18.1. The number of benzene rings is 2. The zero-order chi connectivity index (χ0) is 22.3. The molecular weight excluding hydrogens is 406 g/mol. The molecular formula is C25H27N3O4. The first-order chi connectivity index (χ1) is 15.5. The second-order valence-corrected chi connectivity index (χ2v) is 8.91. The number of carbonyl (C=O) groups is 3. The molecule has 1 saturated carbocycles. The molecule has 1 aliphatic carbocycles. The highest BCUT2D eigenvalue weighted by Crippen LogP contribution is 2.41. The van der Waals surface area contributed by atoms with Crippen molar-refractivity contribution in [3.05, 3.63) is 60.2 Å². The summed E-state index contributed by atoms with van der Waals surface area (Å²) in [6, 6.07) is 16.2. The van der Waals surface area contributed by atoms with E-state index in [9.17, 15) is 14.4 Å². The number of nitrogens with one attached hydrogen (secondary N) is 1. The molecule has 7 nitrogen and oxygen atoms in total. The summed E-state index contributed by atoms with van der Waals surface area (Å²) in [4.78, 5) is 42.6. The van der Waals surface area contributed by atoms with Crippen LogP contribution in [0.4, 0.5) is 10.5 Å². The Balaban J connectivity index is 1.45. The Morgan fingerprint density at radius 1 is 1.09 bits per heavy atom. The number of urea groups is 1. The number of carbonyl (C=O) groups excluding carboxylic acids is 3. The first kappa shape index (κ1) is 20.5. The van der Waals surface area contributed by atoms with Crippen LogP contribution in [0.25, 0.3) is 0 Å². The molecule has 2 aliphatic heterocycles. The number of para-hydroxylation sites is 2. The minimum Gasteiger partial charge on any atom is -0.489 e. The topological polar surface area (TPSA) is 79.0 Å². The van der Waals surface area contributed by atoms with Gasteiger partial charge >= 0.3 is 6.03 Å². The van der Waals surface area contributed by atoms with Crippen LogP contribution >= 0.6 is 0 Å². The summed E-state index contributed by atoms with van der Waals surface area (Å²) < 4.78 is 5.93. The lowest BCUT2D eigenvalue weighted by Crippen LogP contribution is -2.54. The van der Waals surface area contributed by atoms with Gasteiger partial charge in [-0.05, 0) is 36.5 Å². The van der Waals surface area contributed by atoms with E-state index in [1.165, 1.54) is 0 Å². The predicted molar refractivity (Wildman–Crippen MR) is 119 cm³/mol. The van der Waals surface area contributed by atoms with Crippen molar-refractivity contribution in [1.82, 2.24) is 10.2 Å². The Morgan fingerprint density at radius 3 is 2.62 bits per heavy atom. The number of imide groups is 1. The van der Waals surface area contributed by atoms with Gasteiger partial charge in [0.15, 0.2) is 0 Å². The number of fused-ring (bicyclic) bond motifs is 1. The Kier molecular flexibility index (Phi) is 5.12. The number of hydrogen-bond donors (Lipinski definition) is 1. The van der Waals surface area contributed by atoms with Crippen molar-refractivity contribution in [3.8, 4) is 5.75 Å². The Bertz CT molecular complexity index is 1060. The maximum atomic E-state index is 13.6. The minimum absolute atomic E-state index is 0.0500. The molecule has 0 radical (unpaired) electrons. The number of hydrogen-bond acceptors (Lipinski definition) is 4. The van der Waals surface area contributed by atoms with Crippen LogP contribution in [0.2, 0.25) is 0 Å². The third kappa shape index (κ3) is 3.23. The van der Waals surface area contributed by atoms with Gasteiger partial charge in [0.2, 0.25) is 5.91 Å². The fourth-order valence-electron chi connectivity index (χ4n) is 5.27. The van der Waals surface area contributed by atoms with Gasteiger partial charge in [-0.3, -0.25) is 19.4 Å². The Labute approximate surface area is 187 Å². The van der Waals surface area contributed by atoms with Gasteiger partial charge in [0.05, 0.1) is 11.7 Å². The summed E-state index contributed by atoms with van der Waals surface area (Å²) in [5.41, 5.74) is 0.701. The molecule has 1 N–H and O–H groups in total. The molecule has 4 amide bonds. The van der Waals surface area contributed by atoms with Crippen molar-refractivity contribution >= 4 is 23.5 Å². The summed E-state index contributed by atoms with van der Waals surface area (Å²) in [6.45, 7) is 2.01. The van der Waals surface area contributed by atoms with Crippen molar-refractivity contribution in [2.75, 3.05) is 18.1 Å². The smallest absolute Gasteiger partial charge is 0.325 e. The second kappa shape index (κ2) is 7.97. The van der Waals surface area contributed by atoms with E-state index in [1.807, 2.05) is 61.5 Å². The van der Waals surface area contributed by atoms with Crippen molar-refractivity contribution in [3.63, 3.8) is 0 Å². The van der Waals surface area contributed by atoms with E-state index in [-0.39, 0.29) is 30.3 Å². The van der Waals surface area contributed by atoms with Gasteiger partial charge in [-0.15, -0.1) is 0 Å². The molecule has 5 rings (SSSR count). The van der Waals surface area contributed by atoms with Gasteiger partial charge in [0.1, 0.15) is 24.4 Å². The van der Waals surface area contributed by atoms with E-state index in [2.05, 4.69) is 5.32 Å². The van der Waals surface area contributed by atoms with Gasteiger partial charge in [-0.1, -0.05) is 62.2 Å². The highest BCUT2D eigenvalue weighted by molar-refractivity contribution is 6.11. The molecule has 32 heavy (non-hydrogen) atoms. The normalized spacial score (nSPS) is 27.2. The number of nitrogens with zero attached hydrogens (tertiary/aromatic N) is 2. The zero-order valence-electron chi connectivity index (χ0n) is 18.1. The van der Waals surface area contributed by atoms with Crippen LogP contribution in [0.15, 0.2) is 54.6 Å². The maximum Gasteiger partial charge on any atom is 0.325 e. The summed E-state index contributed by atoms with van der Waals surface area (Å²) in [5, 5.41) is 2.93. The van der Waals surface area contributed by atoms with Crippen LogP contribution < -0.4 is 15.0 Å². The lowest BCUT2D eigenvalue weighted by molar-refractivity contribution is -0.137. The largest absolute Gasteiger partial charge is 0.489 e. The van der Waals surface area contributed by atoms with Crippen LogP contribution in [0.5, 0.6) is 5.75 Å². The van der Waals surface area contributed by atoms with Crippen molar-refractivity contribution in [2.45, 2.75) is 44.2 Å². The van der Waals surface area contributed by atoms with E-state index in [0.29, 0.717) is 24.5 Å². The van der Waals surface area contributed by atoms with Crippen molar-refractivity contribution in [2.24, 2.45) is 5.92 Å². The standard InChI is InChI=1S/C25H27N3O4/c1-17-9-7-8-14-25(17)23(30)27(24(31)26-25)15-22(29)28-19-12-5-6-13-21(19)32-16-20(28)18-10-3-2-4-11-18/h2-6,10-13,17,20H,7-9,14-16H2,1H3,(H,26,31). The highest BCUT2D eigenvalue weighted by atomic mass is 16.5. The minimum atomic E-state index is -0.878.